The first-order valence-electron chi connectivity index (χ1n) is 17.3. The van der Waals surface area contributed by atoms with Crippen LogP contribution in [0.5, 0.6) is 0 Å². The number of rotatable bonds is 6. The van der Waals surface area contributed by atoms with E-state index in [0.29, 0.717) is 29.4 Å². The van der Waals surface area contributed by atoms with Gasteiger partial charge in [-0.25, -0.2) is 4.98 Å². The van der Waals surface area contributed by atoms with Gasteiger partial charge >= 0.3 is 0 Å². The quantitative estimate of drug-likeness (QED) is 0.180. The number of benzene rings is 5. The molecule has 0 radical (unpaired) electrons. The second-order valence-corrected chi connectivity index (χ2v) is 13.6. The number of aromatic nitrogens is 6. The second-order valence-electron chi connectivity index (χ2n) is 13.6. The van der Waals surface area contributed by atoms with Crippen LogP contribution in [0.3, 0.4) is 0 Å². The standard InChI is InChI=1S/C44H36N6/c1-27(2)31-20-22-36-34(25-31)35-26-32(28(3)4)21-23-37(35)49(36)39-18-11-17-33-40-38(19-12-24-45-40)50(41(33)39)44-47-42(29-13-7-5-8-14-29)46-43(48-44)30-15-9-6-10-16-30/h5-28H,1-4H3. The Morgan fingerprint density at radius 1 is 0.480 bits per heavy atom. The summed E-state index contributed by atoms with van der Waals surface area (Å²) in [4.78, 5) is 20.3. The van der Waals surface area contributed by atoms with Gasteiger partial charge < -0.3 is 4.57 Å². The molecule has 0 amide bonds. The van der Waals surface area contributed by atoms with Crippen molar-refractivity contribution < 1.29 is 0 Å². The predicted octanol–water partition coefficient (Wildman–Crippen LogP) is 11.0. The molecule has 6 nitrogen and oxygen atoms in total. The minimum atomic E-state index is 0.421. The fraction of sp³-hybridized carbons (Fsp3) is 0.136. The molecule has 0 unspecified atom stereocenters. The van der Waals surface area contributed by atoms with Crippen molar-refractivity contribution in [1.82, 2.24) is 29.1 Å². The van der Waals surface area contributed by atoms with Gasteiger partial charge in [-0.15, -0.1) is 0 Å². The third kappa shape index (κ3) is 4.78. The Labute approximate surface area is 290 Å². The largest absolute Gasteiger partial charge is 0.307 e. The first-order valence-corrected chi connectivity index (χ1v) is 17.3. The molecule has 5 aromatic carbocycles. The Balaban J connectivity index is 1.41. The Hall–Kier alpha value is -6.14. The van der Waals surface area contributed by atoms with Gasteiger partial charge in [0.2, 0.25) is 5.95 Å². The maximum Gasteiger partial charge on any atom is 0.238 e. The van der Waals surface area contributed by atoms with Crippen molar-refractivity contribution in [2.24, 2.45) is 0 Å². The van der Waals surface area contributed by atoms with Gasteiger partial charge in [0.15, 0.2) is 11.6 Å². The molecule has 0 aliphatic rings. The van der Waals surface area contributed by atoms with Crippen LogP contribution in [0.15, 0.2) is 134 Å². The van der Waals surface area contributed by atoms with Gasteiger partial charge in [-0.3, -0.25) is 9.55 Å². The first kappa shape index (κ1) is 30.0. The molecular formula is C44H36N6. The second kappa shape index (κ2) is 11.8. The Kier molecular flexibility index (Phi) is 7.06. The predicted molar refractivity (Wildman–Crippen MR) is 205 cm³/mol. The van der Waals surface area contributed by atoms with Crippen molar-refractivity contribution in [3.05, 3.63) is 145 Å². The van der Waals surface area contributed by atoms with Gasteiger partial charge in [0.25, 0.3) is 0 Å². The van der Waals surface area contributed by atoms with Crippen molar-refractivity contribution in [2.75, 3.05) is 0 Å². The molecule has 0 saturated carbocycles. The molecule has 242 valence electrons. The van der Waals surface area contributed by atoms with Crippen LogP contribution >= 0.6 is 0 Å². The van der Waals surface area contributed by atoms with E-state index in [4.69, 9.17) is 19.9 Å². The normalized spacial score (nSPS) is 12.0. The first-order chi connectivity index (χ1) is 24.5. The molecule has 9 rings (SSSR count). The zero-order valence-electron chi connectivity index (χ0n) is 28.5. The molecule has 0 bridgehead atoms. The zero-order chi connectivity index (χ0) is 33.9. The van der Waals surface area contributed by atoms with Crippen LogP contribution in [0, 0.1) is 0 Å². The van der Waals surface area contributed by atoms with E-state index < -0.39 is 0 Å². The maximum absolute atomic E-state index is 5.18. The molecule has 0 atom stereocenters. The van der Waals surface area contributed by atoms with Crippen LogP contribution in [0.1, 0.15) is 50.7 Å². The molecule has 0 fully saturated rings. The number of hydrogen-bond donors (Lipinski definition) is 0. The Morgan fingerprint density at radius 2 is 1.06 bits per heavy atom. The molecule has 6 heteroatoms. The number of fused-ring (bicyclic) bond motifs is 6. The Bertz CT molecular complexity index is 2580. The van der Waals surface area contributed by atoms with Crippen LogP contribution in [0.4, 0.5) is 0 Å². The van der Waals surface area contributed by atoms with E-state index in [2.05, 4.69) is 97.5 Å². The third-order valence-corrected chi connectivity index (χ3v) is 9.80. The van der Waals surface area contributed by atoms with E-state index in [1.807, 2.05) is 72.9 Å². The fourth-order valence-corrected chi connectivity index (χ4v) is 7.18. The van der Waals surface area contributed by atoms with Gasteiger partial charge in [0, 0.05) is 33.5 Å². The molecule has 9 aromatic rings. The highest BCUT2D eigenvalue weighted by atomic mass is 15.2. The lowest BCUT2D eigenvalue weighted by atomic mass is 9.98. The van der Waals surface area contributed by atoms with E-state index >= 15 is 0 Å². The zero-order valence-corrected chi connectivity index (χ0v) is 28.5. The summed E-state index contributed by atoms with van der Waals surface area (Å²) in [5.74, 6) is 2.62. The summed E-state index contributed by atoms with van der Waals surface area (Å²) in [5, 5.41) is 3.54. The van der Waals surface area contributed by atoms with Gasteiger partial charge in [-0.05, 0) is 65.4 Å². The highest BCUT2D eigenvalue weighted by Gasteiger charge is 2.23. The summed E-state index contributed by atoms with van der Waals surface area (Å²) in [5.41, 5.74) is 10.7. The average Bonchev–Trinajstić information content (AvgIpc) is 3.67. The van der Waals surface area contributed by atoms with Gasteiger partial charge in [-0.2, -0.15) is 9.97 Å². The summed E-state index contributed by atoms with van der Waals surface area (Å²) in [7, 11) is 0. The molecule has 50 heavy (non-hydrogen) atoms. The molecule has 4 aromatic heterocycles. The van der Waals surface area contributed by atoms with Crippen molar-refractivity contribution >= 4 is 43.7 Å². The van der Waals surface area contributed by atoms with Crippen LogP contribution < -0.4 is 0 Å². The van der Waals surface area contributed by atoms with E-state index in [1.54, 1.807) is 0 Å². The van der Waals surface area contributed by atoms with Crippen LogP contribution in [-0.2, 0) is 0 Å². The monoisotopic (exact) mass is 648 g/mol. The number of hydrogen-bond acceptors (Lipinski definition) is 4. The Morgan fingerprint density at radius 3 is 1.62 bits per heavy atom. The SMILES string of the molecule is CC(C)c1ccc2c(c1)c1cc(C(C)C)ccc1n2-c1cccc2c3ncccc3n(-c3nc(-c4ccccc4)nc(-c4ccccc4)n3)c12. The van der Waals surface area contributed by atoms with Gasteiger partial charge in [0.05, 0.1) is 33.3 Å². The van der Waals surface area contributed by atoms with Gasteiger partial charge in [-0.1, -0.05) is 113 Å². The molecule has 0 aliphatic heterocycles. The third-order valence-electron chi connectivity index (χ3n) is 9.80. The maximum atomic E-state index is 5.18. The van der Waals surface area contributed by atoms with Gasteiger partial charge in [0.1, 0.15) is 0 Å². The lowest BCUT2D eigenvalue weighted by Crippen LogP contribution is -2.08. The number of nitrogens with zero attached hydrogens (tertiary/aromatic N) is 6. The molecule has 4 heterocycles. The topological polar surface area (TPSA) is 61.4 Å². The van der Waals surface area contributed by atoms with Crippen LogP contribution in [-0.4, -0.2) is 29.1 Å². The number of pyridine rings is 1. The fourth-order valence-electron chi connectivity index (χ4n) is 7.18. The van der Waals surface area contributed by atoms with Crippen molar-refractivity contribution in [3.8, 4) is 34.4 Å². The van der Waals surface area contributed by atoms with E-state index in [9.17, 15) is 0 Å². The minimum Gasteiger partial charge on any atom is -0.307 e. The molecule has 0 aliphatic carbocycles. The summed E-state index contributed by atoms with van der Waals surface area (Å²) in [6.45, 7) is 9.03. The van der Waals surface area contributed by atoms with Crippen molar-refractivity contribution in [1.29, 1.82) is 0 Å². The lowest BCUT2D eigenvalue weighted by Gasteiger charge is -2.15. The highest BCUT2D eigenvalue weighted by molar-refractivity contribution is 6.14. The molecule has 0 saturated heterocycles. The molecule has 0 N–H and O–H groups in total. The number of para-hydroxylation sites is 1. The molecular weight excluding hydrogens is 613 g/mol. The van der Waals surface area contributed by atoms with Crippen molar-refractivity contribution in [2.45, 2.75) is 39.5 Å². The smallest absolute Gasteiger partial charge is 0.238 e. The van der Waals surface area contributed by atoms with Crippen molar-refractivity contribution in [3.63, 3.8) is 0 Å². The molecule has 0 spiro atoms. The summed E-state index contributed by atoms with van der Waals surface area (Å²) >= 11 is 0. The minimum absolute atomic E-state index is 0.421. The van der Waals surface area contributed by atoms with Crippen LogP contribution in [0.2, 0.25) is 0 Å². The summed E-state index contributed by atoms with van der Waals surface area (Å²) in [6.07, 6.45) is 1.86. The summed E-state index contributed by atoms with van der Waals surface area (Å²) < 4.78 is 4.59. The van der Waals surface area contributed by atoms with E-state index in [1.165, 1.54) is 21.9 Å². The highest BCUT2D eigenvalue weighted by Crippen LogP contribution is 2.40. The lowest BCUT2D eigenvalue weighted by molar-refractivity contribution is 0.868. The van der Waals surface area contributed by atoms with E-state index in [0.717, 1.165) is 49.8 Å². The average molecular weight is 649 g/mol. The van der Waals surface area contributed by atoms with Crippen LogP contribution in [0.25, 0.3) is 78.2 Å². The summed E-state index contributed by atoms with van der Waals surface area (Å²) in [6, 6.07) is 44.7. The van der Waals surface area contributed by atoms with E-state index in [-0.39, 0.29) is 0 Å².